The van der Waals surface area contributed by atoms with Crippen molar-refractivity contribution < 1.29 is 19.7 Å². The van der Waals surface area contributed by atoms with E-state index in [0.29, 0.717) is 6.61 Å². The van der Waals surface area contributed by atoms with Gasteiger partial charge in [-0.3, -0.25) is 4.90 Å². The van der Waals surface area contributed by atoms with Crippen LogP contribution < -0.4 is 9.47 Å². The fourth-order valence-electron chi connectivity index (χ4n) is 4.51. The van der Waals surface area contributed by atoms with E-state index < -0.39 is 0 Å². The Kier molecular flexibility index (Phi) is 7.81. The molecule has 0 radical (unpaired) electrons. The average molecular weight is 500 g/mol. The van der Waals surface area contributed by atoms with Crippen LogP contribution in [0.4, 0.5) is 0 Å². The van der Waals surface area contributed by atoms with Gasteiger partial charge >= 0.3 is 0 Å². The Bertz CT molecular complexity index is 1090. The molecule has 0 saturated carbocycles. The highest BCUT2D eigenvalue weighted by atomic mass is 35.5. The summed E-state index contributed by atoms with van der Waals surface area (Å²) in [5.74, 6) is 2.87. The predicted octanol–water partition coefficient (Wildman–Crippen LogP) is 6.21. The number of rotatable bonds is 6. The molecule has 1 fully saturated rings. The zero-order valence-electron chi connectivity index (χ0n) is 19.1. The van der Waals surface area contributed by atoms with Gasteiger partial charge < -0.3 is 19.7 Å². The Morgan fingerprint density at radius 1 is 0.971 bits per heavy atom. The van der Waals surface area contributed by atoms with Crippen LogP contribution in [0.5, 0.6) is 23.0 Å². The second-order valence-corrected chi connectivity index (χ2v) is 10.1. The Balaban J connectivity index is 0.00000274. The Morgan fingerprint density at radius 2 is 1.68 bits per heavy atom. The van der Waals surface area contributed by atoms with E-state index in [1.807, 2.05) is 30.3 Å². The van der Waals surface area contributed by atoms with Gasteiger partial charge in [0.05, 0.1) is 10.1 Å². The highest BCUT2D eigenvalue weighted by Crippen LogP contribution is 2.54. The van der Waals surface area contributed by atoms with E-state index in [9.17, 15) is 10.2 Å². The Hall–Kier alpha value is -2.54. The summed E-state index contributed by atoms with van der Waals surface area (Å²) in [5.41, 5.74) is 2.11. The third-order valence-corrected chi connectivity index (χ3v) is 7.67. The molecule has 3 aromatic rings. The molecule has 1 saturated heterocycles. The first-order valence-electron chi connectivity index (χ1n) is 11.5. The first-order chi connectivity index (χ1) is 16.0. The van der Waals surface area contributed by atoms with Gasteiger partial charge in [0.2, 0.25) is 0 Å². The maximum atomic E-state index is 9.93. The van der Waals surface area contributed by atoms with Gasteiger partial charge in [-0.2, -0.15) is 0 Å². The molecule has 0 amide bonds. The van der Waals surface area contributed by atoms with E-state index in [1.165, 1.54) is 6.42 Å². The predicted molar refractivity (Wildman–Crippen MR) is 138 cm³/mol. The molecule has 7 heteroatoms. The number of benzene rings is 3. The third kappa shape index (κ3) is 5.57. The summed E-state index contributed by atoms with van der Waals surface area (Å²) in [7, 11) is 0. The number of thioether (sulfide) groups is 1. The quantitative estimate of drug-likeness (QED) is 0.420. The van der Waals surface area contributed by atoms with Crippen LogP contribution in [0, 0.1) is 5.92 Å². The van der Waals surface area contributed by atoms with Crippen LogP contribution in [0.15, 0.2) is 71.6 Å². The van der Waals surface area contributed by atoms with Crippen molar-refractivity contribution in [3.63, 3.8) is 0 Å². The van der Waals surface area contributed by atoms with Crippen molar-refractivity contribution in [3.8, 4) is 23.0 Å². The minimum Gasteiger partial charge on any atom is -0.508 e. The molecule has 2 heterocycles. The molecule has 34 heavy (non-hydrogen) atoms. The number of hydrogen-bond acceptors (Lipinski definition) is 6. The number of ether oxygens (including phenoxy) is 2. The molecule has 2 aliphatic heterocycles. The minimum atomic E-state index is -0.211. The lowest BCUT2D eigenvalue weighted by molar-refractivity contribution is 0.190. The maximum absolute atomic E-state index is 9.93. The van der Waals surface area contributed by atoms with Crippen LogP contribution in [0.3, 0.4) is 0 Å². The lowest BCUT2D eigenvalue weighted by Gasteiger charge is -2.34. The van der Waals surface area contributed by atoms with Crippen molar-refractivity contribution >= 4 is 24.2 Å². The summed E-state index contributed by atoms with van der Waals surface area (Å²) >= 11 is 1.66. The molecule has 5 rings (SSSR count). The zero-order valence-corrected chi connectivity index (χ0v) is 20.7. The lowest BCUT2D eigenvalue weighted by Crippen LogP contribution is -2.25. The number of hydrogen-bond donors (Lipinski definition) is 2. The Morgan fingerprint density at radius 3 is 2.38 bits per heavy atom. The number of likely N-dealkylation sites (tertiary alicyclic amines) is 1. The standard InChI is InChI=1S/C27H29NO4S.ClH/c1-18-12-13-28(17-18)14-15-31-23-9-4-19(5-10-23)26-27(20-2-6-21(29)7-3-20)33-25-16-22(30)8-11-24(25)32-26;/h2-11,16,18,26-27,29-30H,12-15,17H2,1H3;1H/t18-,26-,27+;/m0./s1. The van der Waals surface area contributed by atoms with E-state index in [2.05, 4.69) is 24.0 Å². The van der Waals surface area contributed by atoms with Gasteiger partial charge in [0.1, 0.15) is 35.7 Å². The number of fused-ring (bicyclic) bond motifs is 1. The van der Waals surface area contributed by atoms with E-state index >= 15 is 0 Å². The van der Waals surface area contributed by atoms with Gasteiger partial charge in [-0.25, -0.2) is 0 Å². The fourth-order valence-corrected chi connectivity index (χ4v) is 5.83. The average Bonchev–Trinajstić information content (AvgIpc) is 3.24. The van der Waals surface area contributed by atoms with E-state index in [-0.39, 0.29) is 35.3 Å². The first-order valence-corrected chi connectivity index (χ1v) is 12.3. The van der Waals surface area contributed by atoms with Crippen LogP contribution in [0.1, 0.15) is 35.8 Å². The molecule has 0 spiro atoms. The summed E-state index contributed by atoms with van der Waals surface area (Å²) in [6.45, 7) is 6.28. The molecular weight excluding hydrogens is 470 g/mol. The molecule has 3 atom stereocenters. The van der Waals surface area contributed by atoms with Crippen molar-refractivity contribution in [2.24, 2.45) is 5.92 Å². The topological polar surface area (TPSA) is 62.2 Å². The molecule has 2 aliphatic rings. The van der Waals surface area contributed by atoms with Crippen molar-refractivity contribution in [3.05, 3.63) is 77.9 Å². The summed E-state index contributed by atoms with van der Waals surface area (Å²) in [6, 6.07) is 20.6. The van der Waals surface area contributed by atoms with E-state index in [4.69, 9.17) is 9.47 Å². The summed E-state index contributed by atoms with van der Waals surface area (Å²) in [5, 5.41) is 19.6. The number of phenols is 2. The van der Waals surface area contributed by atoms with Gasteiger partial charge in [0, 0.05) is 13.1 Å². The highest BCUT2D eigenvalue weighted by molar-refractivity contribution is 7.99. The largest absolute Gasteiger partial charge is 0.508 e. The second-order valence-electron chi connectivity index (χ2n) is 8.91. The molecule has 2 N–H and O–H groups in total. The number of aromatic hydroxyl groups is 2. The Labute approximate surface area is 211 Å². The molecule has 5 nitrogen and oxygen atoms in total. The van der Waals surface area contributed by atoms with Crippen LogP contribution in [0.25, 0.3) is 0 Å². The van der Waals surface area contributed by atoms with E-state index in [0.717, 1.165) is 53.1 Å². The molecule has 0 aliphatic carbocycles. The van der Waals surface area contributed by atoms with Crippen molar-refractivity contribution in [2.45, 2.75) is 29.6 Å². The maximum Gasteiger partial charge on any atom is 0.140 e. The highest BCUT2D eigenvalue weighted by Gasteiger charge is 2.33. The van der Waals surface area contributed by atoms with Crippen molar-refractivity contribution in [2.75, 3.05) is 26.2 Å². The smallest absolute Gasteiger partial charge is 0.140 e. The van der Waals surface area contributed by atoms with Crippen LogP contribution in [0.2, 0.25) is 0 Å². The molecule has 180 valence electrons. The molecule has 3 aromatic carbocycles. The number of nitrogens with zero attached hydrogens (tertiary/aromatic N) is 1. The first kappa shape index (κ1) is 24.6. The lowest BCUT2D eigenvalue weighted by atomic mass is 10.00. The summed E-state index contributed by atoms with van der Waals surface area (Å²) in [6.07, 6.45) is 1.07. The van der Waals surface area contributed by atoms with Gasteiger partial charge in [-0.05, 0) is 72.5 Å². The van der Waals surface area contributed by atoms with Gasteiger partial charge in [-0.15, -0.1) is 24.2 Å². The molecule has 0 bridgehead atoms. The summed E-state index contributed by atoms with van der Waals surface area (Å²) in [4.78, 5) is 3.37. The molecule has 0 unspecified atom stereocenters. The molecular formula is C27H30ClNO4S. The SMILES string of the molecule is C[C@H]1CCN(CCOc2ccc([C@@H]3Oc4ccc(O)cc4S[C@@H]3c3ccc(O)cc3)cc2)C1.Cl. The third-order valence-electron chi connectivity index (χ3n) is 6.32. The normalized spacial score (nSPS) is 21.9. The van der Waals surface area contributed by atoms with Crippen LogP contribution in [-0.2, 0) is 0 Å². The second kappa shape index (κ2) is 10.8. The van der Waals surface area contributed by atoms with Gasteiger partial charge in [0.25, 0.3) is 0 Å². The minimum absolute atomic E-state index is 0. The van der Waals surface area contributed by atoms with Crippen LogP contribution >= 0.6 is 24.2 Å². The van der Waals surface area contributed by atoms with Crippen molar-refractivity contribution in [1.82, 2.24) is 4.90 Å². The monoisotopic (exact) mass is 499 g/mol. The fraction of sp³-hybridized carbons (Fsp3) is 0.333. The van der Waals surface area contributed by atoms with Crippen molar-refractivity contribution in [1.29, 1.82) is 0 Å². The molecule has 0 aromatic heterocycles. The number of phenolic OH excluding ortho intramolecular Hbond substituents is 2. The zero-order chi connectivity index (χ0) is 22.8. The van der Waals surface area contributed by atoms with Gasteiger partial charge in [0.15, 0.2) is 0 Å². The van der Waals surface area contributed by atoms with Gasteiger partial charge in [-0.1, -0.05) is 31.2 Å². The number of halogens is 1. The summed E-state index contributed by atoms with van der Waals surface area (Å²) < 4.78 is 12.4. The van der Waals surface area contributed by atoms with Crippen LogP contribution in [-0.4, -0.2) is 41.4 Å². The van der Waals surface area contributed by atoms with E-state index in [1.54, 1.807) is 36.0 Å².